The second-order valence-electron chi connectivity index (χ2n) is 5.35. The van der Waals surface area contributed by atoms with E-state index in [-0.39, 0.29) is 5.91 Å². The van der Waals surface area contributed by atoms with Crippen molar-refractivity contribution in [3.05, 3.63) is 75.7 Å². The molecule has 0 unspecified atom stereocenters. The van der Waals surface area contributed by atoms with Gasteiger partial charge in [0.25, 0.3) is 5.91 Å². The Morgan fingerprint density at radius 3 is 2.50 bits per heavy atom. The van der Waals surface area contributed by atoms with E-state index in [0.717, 1.165) is 11.1 Å². The van der Waals surface area contributed by atoms with Gasteiger partial charge in [-0.15, -0.1) is 22.0 Å². The van der Waals surface area contributed by atoms with Crippen LogP contribution in [0.1, 0.15) is 25.9 Å². The number of carbonyl (C=O) groups is 1. The van der Waals surface area contributed by atoms with Gasteiger partial charge in [0, 0.05) is 11.4 Å². The Bertz CT molecular complexity index is 908. The maximum absolute atomic E-state index is 12.2. The van der Waals surface area contributed by atoms with Crippen LogP contribution in [0.15, 0.2) is 59.5 Å². The fraction of sp³-hybridized carbons (Fsp3) is 0.105. The number of nitrogens with one attached hydrogen (secondary N) is 1. The van der Waals surface area contributed by atoms with Crippen LogP contribution >= 0.6 is 34.7 Å². The molecule has 26 heavy (non-hydrogen) atoms. The van der Waals surface area contributed by atoms with E-state index in [2.05, 4.69) is 15.5 Å². The number of amides is 1. The number of hydrogen-bond donors (Lipinski definition) is 1. The van der Waals surface area contributed by atoms with Gasteiger partial charge in [-0.3, -0.25) is 4.79 Å². The third-order valence-electron chi connectivity index (χ3n) is 3.53. The van der Waals surface area contributed by atoms with Gasteiger partial charge < -0.3 is 5.32 Å². The molecule has 1 N–H and O–H groups in total. The summed E-state index contributed by atoms with van der Waals surface area (Å²) in [6.07, 6.45) is 3.85. The Balaban J connectivity index is 1.65. The van der Waals surface area contributed by atoms with Crippen molar-refractivity contribution < 1.29 is 4.79 Å². The molecule has 0 bridgehead atoms. The zero-order chi connectivity index (χ0) is 18.4. The predicted molar refractivity (Wildman–Crippen MR) is 109 cm³/mol. The molecule has 0 saturated carbocycles. The van der Waals surface area contributed by atoms with Crippen molar-refractivity contribution >= 4 is 51.7 Å². The first-order valence-electron chi connectivity index (χ1n) is 7.83. The molecule has 7 heteroatoms. The summed E-state index contributed by atoms with van der Waals surface area (Å²) in [5, 5.41) is 12.1. The van der Waals surface area contributed by atoms with Crippen molar-refractivity contribution in [2.24, 2.45) is 0 Å². The molecule has 0 saturated heterocycles. The first kappa shape index (κ1) is 18.6. The fourth-order valence-electron chi connectivity index (χ4n) is 2.17. The molecular formula is C19H16ClN3OS2. The van der Waals surface area contributed by atoms with Gasteiger partial charge in [-0.1, -0.05) is 65.4 Å². The SMILES string of the molecule is CSc1ccc(/C=C(\Cl)c2nnc(C(=O)NCc3ccccc3)s2)cc1. The van der Waals surface area contributed by atoms with Crippen LogP contribution in [-0.4, -0.2) is 22.4 Å². The molecule has 0 aliphatic heterocycles. The molecule has 0 radical (unpaired) electrons. The van der Waals surface area contributed by atoms with E-state index in [4.69, 9.17) is 11.6 Å². The van der Waals surface area contributed by atoms with Crippen molar-refractivity contribution in [1.29, 1.82) is 0 Å². The second kappa shape index (κ2) is 8.98. The van der Waals surface area contributed by atoms with Gasteiger partial charge in [0.2, 0.25) is 5.01 Å². The van der Waals surface area contributed by atoms with Gasteiger partial charge in [0.05, 0.1) is 5.03 Å². The number of rotatable bonds is 6. The van der Waals surface area contributed by atoms with Gasteiger partial charge >= 0.3 is 0 Å². The number of aromatic nitrogens is 2. The number of halogens is 1. The standard InChI is InChI=1S/C19H16ClN3OS2/c1-25-15-9-7-13(8-10-15)11-16(20)18-22-23-19(26-18)17(24)21-12-14-5-3-2-4-6-14/h2-11H,12H2,1H3,(H,21,24)/b16-11-. The lowest BCUT2D eigenvalue weighted by molar-refractivity contribution is 0.0950. The number of hydrogen-bond acceptors (Lipinski definition) is 5. The summed E-state index contributed by atoms with van der Waals surface area (Å²) < 4.78 is 0. The van der Waals surface area contributed by atoms with Crippen molar-refractivity contribution in [3.63, 3.8) is 0 Å². The van der Waals surface area contributed by atoms with Crippen LogP contribution in [0.3, 0.4) is 0 Å². The molecule has 0 aliphatic rings. The predicted octanol–water partition coefficient (Wildman–Crippen LogP) is 4.93. The van der Waals surface area contributed by atoms with E-state index in [0.29, 0.717) is 21.6 Å². The second-order valence-corrected chi connectivity index (χ2v) is 7.61. The van der Waals surface area contributed by atoms with E-state index < -0.39 is 0 Å². The van der Waals surface area contributed by atoms with E-state index in [9.17, 15) is 4.79 Å². The molecule has 1 amide bonds. The Labute approximate surface area is 165 Å². The normalized spacial score (nSPS) is 11.4. The van der Waals surface area contributed by atoms with Crippen molar-refractivity contribution in [2.75, 3.05) is 6.26 Å². The lowest BCUT2D eigenvalue weighted by Gasteiger charge is -2.02. The van der Waals surface area contributed by atoms with Crippen LogP contribution < -0.4 is 5.32 Å². The molecule has 0 atom stereocenters. The lowest BCUT2D eigenvalue weighted by Crippen LogP contribution is -2.22. The highest BCUT2D eigenvalue weighted by molar-refractivity contribution is 7.98. The van der Waals surface area contributed by atoms with E-state index >= 15 is 0 Å². The van der Waals surface area contributed by atoms with Crippen LogP contribution in [-0.2, 0) is 6.54 Å². The highest BCUT2D eigenvalue weighted by Crippen LogP contribution is 2.26. The van der Waals surface area contributed by atoms with Crippen LogP contribution in [0.4, 0.5) is 0 Å². The first-order chi connectivity index (χ1) is 12.7. The molecule has 0 spiro atoms. The van der Waals surface area contributed by atoms with Crippen LogP contribution in [0.5, 0.6) is 0 Å². The summed E-state index contributed by atoms with van der Waals surface area (Å²) in [5.41, 5.74) is 2.00. The number of benzene rings is 2. The van der Waals surface area contributed by atoms with E-state index in [1.807, 2.05) is 66.9 Å². The molecule has 132 valence electrons. The van der Waals surface area contributed by atoms with Crippen LogP contribution in [0, 0.1) is 0 Å². The molecular weight excluding hydrogens is 386 g/mol. The molecule has 1 aromatic heterocycles. The number of nitrogens with zero attached hydrogens (tertiary/aromatic N) is 2. The van der Waals surface area contributed by atoms with Gasteiger partial charge in [-0.2, -0.15) is 0 Å². The number of thioether (sulfide) groups is 1. The summed E-state index contributed by atoms with van der Waals surface area (Å²) in [6.45, 7) is 0.444. The monoisotopic (exact) mass is 401 g/mol. The average molecular weight is 402 g/mol. The summed E-state index contributed by atoms with van der Waals surface area (Å²) >= 11 is 9.19. The molecule has 4 nitrogen and oxygen atoms in total. The average Bonchev–Trinajstić information content (AvgIpc) is 3.18. The van der Waals surface area contributed by atoms with Crippen molar-refractivity contribution in [1.82, 2.24) is 15.5 Å². The lowest BCUT2D eigenvalue weighted by atomic mass is 10.2. The third-order valence-corrected chi connectivity index (χ3v) is 5.63. The van der Waals surface area contributed by atoms with Gasteiger partial charge in [0.15, 0.2) is 5.01 Å². The molecule has 0 aliphatic carbocycles. The molecule has 0 fully saturated rings. The molecule has 2 aromatic carbocycles. The largest absolute Gasteiger partial charge is 0.346 e. The summed E-state index contributed by atoms with van der Waals surface area (Å²) in [4.78, 5) is 13.4. The highest BCUT2D eigenvalue weighted by Gasteiger charge is 2.14. The van der Waals surface area contributed by atoms with Gasteiger partial charge in [-0.25, -0.2) is 0 Å². The van der Waals surface area contributed by atoms with Crippen molar-refractivity contribution in [3.8, 4) is 0 Å². The molecule has 3 aromatic rings. The topological polar surface area (TPSA) is 54.9 Å². The summed E-state index contributed by atoms with van der Waals surface area (Å²) in [6, 6.07) is 17.7. The number of carbonyl (C=O) groups excluding carboxylic acids is 1. The third kappa shape index (κ3) is 4.94. The van der Waals surface area contributed by atoms with Crippen LogP contribution in [0.25, 0.3) is 11.1 Å². The zero-order valence-corrected chi connectivity index (χ0v) is 16.4. The van der Waals surface area contributed by atoms with Crippen molar-refractivity contribution in [2.45, 2.75) is 11.4 Å². The minimum atomic E-state index is -0.258. The summed E-state index contributed by atoms with van der Waals surface area (Å²) in [5.74, 6) is -0.258. The van der Waals surface area contributed by atoms with E-state index in [1.54, 1.807) is 11.8 Å². The Morgan fingerprint density at radius 1 is 1.12 bits per heavy atom. The Kier molecular flexibility index (Phi) is 6.44. The fourth-order valence-corrected chi connectivity index (χ4v) is 3.53. The molecule has 1 heterocycles. The smallest absolute Gasteiger partial charge is 0.282 e. The Morgan fingerprint density at radius 2 is 1.81 bits per heavy atom. The van der Waals surface area contributed by atoms with Crippen LogP contribution in [0.2, 0.25) is 0 Å². The maximum Gasteiger partial charge on any atom is 0.282 e. The highest BCUT2D eigenvalue weighted by atomic mass is 35.5. The van der Waals surface area contributed by atoms with E-state index in [1.165, 1.54) is 16.2 Å². The van der Waals surface area contributed by atoms with Gasteiger partial charge in [-0.05, 0) is 35.6 Å². The zero-order valence-electron chi connectivity index (χ0n) is 14.0. The minimum Gasteiger partial charge on any atom is -0.346 e. The quantitative estimate of drug-likeness (QED) is 0.595. The maximum atomic E-state index is 12.2. The first-order valence-corrected chi connectivity index (χ1v) is 10.2. The Hall–Kier alpha value is -2.15. The van der Waals surface area contributed by atoms with Gasteiger partial charge in [0.1, 0.15) is 0 Å². The minimum absolute atomic E-state index is 0.258. The molecule has 3 rings (SSSR count). The summed E-state index contributed by atoms with van der Waals surface area (Å²) in [7, 11) is 0.